The highest BCUT2D eigenvalue weighted by Gasteiger charge is 2.40. The molecule has 2 unspecified atom stereocenters. The second kappa shape index (κ2) is 4.06. The molecule has 0 amide bonds. The molecule has 86 valence electrons. The summed E-state index contributed by atoms with van der Waals surface area (Å²) in [6, 6.07) is 2.75. The Morgan fingerprint density at radius 2 is 1.40 bits per heavy atom. The second-order valence-corrected chi connectivity index (χ2v) is 5.77. The predicted octanol–water partition coefficient (Wildman–Crippen LogP) is 2.10. The van der Waals surface area contributed by atoms with Crippen molar-refractivity contribution in [3.63, 3.8) is 0 Å². The molecule has 3 saturated heterocycles. The van der Waals surface area contributed by atoms with Gasteiger partial charge in [0.15, 0.2) is 0 Å². The van der Waals surface area contributed by atoms with Crippen molar-refractivity contribution >= 4 is 0 Å². The summed E-state index contributed by atoms with van der Waals surface area (Å²) in [5.74, 6) is 0. The van der Waals surface area contributed by atoms with Crippen molar-refractivity contribution in [3.05, 3.63) is 0 Å². The van der Waals surface area contributed by atoms with Gasteiger partial charge in [0, 0.05) is 18.1 Å². The number of piperidine rings is 2. The molecule has 0 aromatic heterocycles. The predicted molar refractivity (Wildman–Crippen MR) is 63.0 cm³/mol. The summed E-state index contributed by atoms with van der Waals surface area (Å²) in [6.07, 6.45) is 10.2. The van der Waals surface area contributed by atoms with Crippen LogP contribution in [-0.4, -0.2) is 48.1 Å². The van der Waals surface area contributed by atoms with Crippen LogP contribution in [0.4, 0.5) is 0 Å². The molecule has 2 heteroatoms. The largest absolute Gasteiger partial charge is 0.300 e. The molecule has 0 radical (unpaired) electrons. The van der Waals surface area contributed by atoms with Gasteiger partial charge in [-0.05, 0) is 58.7 Å². The van der Waals surface area contributed by atoms with Crippen LogP contribution in [0.3, 0.4) is 0 Å². The molecule has 0 spiro atoms. The van der Waals surface area contributed by atoms with Gasteiger partial charge in [0.1, 0.15) is 0 Å². The maximum absolute atomic E-state index is 2.79. The highest BCUT2D eigenvalue weighted by Crippen LogP contribution is 2.36. The van der Waals surface area contributed by atoms with E-state index < -0.39 is 0 Å². The zero-order valence-electron chi connectivity index (χ0n) is 9.99. The second-order valence-electron chi connectivity index (χ2n) is 5.77. The lowest BCUT2D eigenvalue weighted by Gasteiger charge is -2.43. The average molecular weight is 208 g/mol. The van der Waals surface area contributed by atoms with Crippen LogP contribution in [-0.2, 0) is 0 Å². The van der Waals surface area contributed by atoms with Crippen LogP contribution < -0.4 is 0 Å². The van der Waals surface area contributed by atoms with Crippen LogP contribution >= 0.6 is 0 Å². The molecular weight excluding hydrogens is 184 g/mol. The minimum absolute atomic E-state index is 0.913. The standard InChI is InChI=1S/C13H24N2/c1-14-11-5-6-12(14)10-13(9-11)15-7-3-2-4-8-15/h11-13H,2-10H2,1H3. The van der Waals surface area contributed by atoms with Gasteiger partial charge in [-0.1, -0.05) is 6.42 Å². The van der Waals surface area contributed by atoms with Gasteiger partial charge in [0.25, 0.3) is 0 Å². The van der Waals surface area contributed by atoms with Gasteiger partial charge < -0.3 is 9.80 Å². The third kappa shape index (κ3) is 1.83. The number of hydrogen-bond donors (Lipinski definition) is 0. The lowest BCUT2D eigenvalue weighted by molar-refractivity contribution is 0.0639. The topological polar surface area (TPSA) is 6.48 Å². The summed E-state index contributed by atoms with van der Waals surface area (Å²) in [7, 11) is 2.34. The molecule has 3 heterocycles. The average Bonchev–Trinajstić information content (AvgIpc) is 2.54. The number of fused-ring (bicyclic) bond motifs is 2. The van der Waals surface area contributed by atoms with Crippen LogP contribution in [0.5, 0.6) is 0 Å². The molecule has 0 saturated carbocycles. The number of rotatable bonds is 1. The summed E-state index contributed by atoms with van der Waals surface area (Å²) in [6.45, 7) is 2.77. The normalized spacial score (nSPS) is 43.4. The molecular formula is C13H24N2. The van der Waals surface area contributed by atoms with Crippen LogP contribution in [0, 0.1) is 0 Å². The Labute approximate surface area is 93.6 Å². The monoisotopic (exact) mass is 208 g/mol. The van der Waals surface area contributed by atoms with Crippen molar-refractivity contribution in [2.75, 3.05) is 20.1 Å². The molecule has 2 atom stereocenters. The van der Waals surface area contributed by atoms with Crippen molar-refractivity contribution in [3.8, 4) is 0 Å². The molecule has 0 aromatic carbocycles. The third-order valence-corrected chi connectivity index (χ3v) is 4.98. The summed E-state index contributed by atoms with van der Waals surface area (Å²) in [5, 5.41) is 0. The molecule has 0 aliphatic carbocycles. The molecule has 3 rings (SSSR count). The highest BCUT2D eigenvalue weighted by atomic mass is 15.2. The Morgan fingerprint density at radius 1 is 0.800 bits per heavy atom. The Bertz CT molecular complexity index is 209. The van der Waals surface area contributed by atoms with Gasteiger partial charge in [-0.25, -0.2) is 0 Å². The van der Waals surface area contributed by atoms with E-state index in [1.54, 1.807) is 0 Å². The highest BCUT2D eigenvalue weighted by molar-refractivity contribution is 4.97. The third-order valence-electron chi connectivity index (χ3n) is 4.98. The van der Waals surface area contributed by atoms with Crippen LogP contribution in [0.15, 0.2) is 0 Å². The molecule has 0 aromatic rings. The first-order valence-electron chi connectivity index (χ1n) is 6.80. The van der Waals surface area contributed by atoms with Crippen molar-refractivity contribution in [1.29, 1.82) is 0 Å². The minimum atomic E-state index is 0.913. The number of hydrogen-bond acceptors (Lipinski definition) is 2. The van der Waals surface area contributed by atoms with E-state index in [0.717, 1.165) is 18.1 Å². The van der Waals surface area contributed by atoms with Crippen LogP contribution in [0.1, 0.15) is 44.9 Å². The number of likely N-dealkylation sites (tertiary alicyclic amines) is 1. The number of nitrogens with zero attached hydrogens (tertiary/aromatic N) is 2. The molecule has 3 aliphatic rings. The Morgan fingerprint density at radius 3 is 2.00 bits per heavy atom. The summed E-state index contributed by atoms with van der Waals surface area (Å²) < 4.78 is 0. The summed E-state index contributed by atoms with van der Waals surface area (Å²) in [5.41, 5.74) is 0. The summed E-state index contributed by atoms with van der Waals surface area (Å²) in [4.78, 5) is 5.45. The van der Waals surface area contributed by atoms with Gasteiger partial charge in [0.05, 0.1) is 0 Å². The molecule has 2 nitrogen and oxygen atoms in total. The SMILES string of the molecule is CN1C2CCC1CC(N1CCCCC1)C2. The van der Waals surface area contributed by atoms with Gasteiger partial charge in [-0.15, -0.1) is 0 Å². The summed E-state index contributed by atoms with van der Waals surface area (Å²) >= 11 is 0. The Hall–Kier alpha value is -0.0800. The zero-order chi connectivity index (χ0) is 10.3. The van der Waals surface area contributed by atoms with Crippen molar-refractivity contribution in [2.45, 2.75) is 63.1 Å². The van der Waals surface area contributed by atoms with Gasteiger partial charge in [-0.3, -0.25) is 0 Å². The molecule has 0 N–H and O–H groups in total. The quantitative estimate of drug-likeness (QED) is 0.651. The first-order chi connectivity index (χ1) is 7.34. The first kappa shape index (κ1) is 10.1. The van der Waals surface area contributed by atoms with Gasteiger partial charge >= 0.3 is 0 Å². The smallest absolute Gasteiger partial charge is 0.0125 e. The van der Waals surface area contributed by atoms with Crippen molar-refractivity contribution < 1.29 is 0 Å². The van der Waals surface area contributed by atoms with E-state index in [2.05, 4.69) is 16.8 Å². The van der Waals surface area contributed by atoms with Crippen LogP contribution in [0.25, 0.3) is 0 Å². The fraction of sp³-hybridized carbons (Fsp3) is 1.00. The minimum Gasteiger partial charge on any atom is -0.300 e. The Balaban J connectivity index is 1.64. The molecule has 3 fully saturated rings. The first-order valence-corrected chi connectivity index (χ1v) is 6.80. The van der Waals surface area contributed by atoms with E-state index >= 15 is 0 Å². The fourth-order valence-electron chi connectivity index (χ4n) is 3.96. The molecule has 2 bridgehead atoms. The molecule has 3 aliphatic heterocycles. The van der Waals surface area contributed by atoms with Gasteiger partial charge in [-0.2, -0.15) is 0 Å². The van der Waals surface area contributed by atoms with E-state index in [4.69, 9.17) is 0 Å². The van der Waals surface area contributed by atoms with E-state index in [1.165, 1.54) is 58.0 Å². The van der Waals surface area contributed by atoms with Crippen molar-refractivity contribution in [1.82, 2.24) is 9.80 Å². The lowest BCUT2D eigenvalue weighted by Crippen LogP contribution is -2.50. The molecule has 15 heavy (non-hydrogen) atoms. The maximum Gasteiger partial charge on any atom is 0.0125 e. The van der Waals surface area contributed by atoms with Gasteiger partial charge in [0.2, 0.25) is 0 Å². The van der Waals surface area contributed by atoms with E-state index in [0.29, 0.717) is 0 Å². The zero-order valence-corrected chi connectivity index (χ0v) is 9.99. The van der Waals surface area contributed by atoms with E-state index in [9.17, 15) is 0 Å². The fourth-order valence-corrected chi connectivity index (χ4v) is 3.96. The lowest BCUT2D eigenvalue weighted by atomic mass is 9.95. The maximum atomic E-state index is 2.79. The van der Waals surface area contributed by atoms with E-state index in [1.807, 2.05) is 0 Å². The Kier molecular flexibility index (Phi) is 2.73. The van der Waals surface area contributed by atoms with Crippen molar-refractivity contribution in [2.24, 2.45) is 0 Å². The van der Waals surface area contributed by atoms with E-state index in [-0.39, 0.29) is 0 Å². The van der Waals surface area contributed by atoms with Crippen LogP contribution in [0.2, 0.25) is 0 Å².